The number of hydrogen-bond acceptors (Lipinski definition) is 6. The molecule has 3 N–H and O–H groups in total. The van der Waals surface area contributed by atoms with Crippen molar-refractivity contribution in [3.63, 3.8) is 0 Å². The molecule has 21 heavy (non-hydrogen) atoms. The van der Waals surface area contributed by atoms with E-state index in [1.54, 1.807) is 0 Å². The number of anilines is 1. The molecular weight excluding hydrogens is 287 g/mol. The normalized spacial score (nSPS) is 24.6. The molecule has 0 radical (unpaired) electrons. The summed E-state index contributed by atoms with van der Waals surface area (Å²) in [7, 11) is 0. The summed E-state index contributed by atoms with van der Waals surface area (Å²) in [6.07, 6.45) is 1.76. The molecule has 1 aromatic rings. The van der Waals surface area contributed by atoms with Crippen LogP contribution in [0.1, 0.15) is 30.9 Å². The van der Waals surface area contributed by atoms with Gasteiger partial charge in [-0.05, 0) is 19.3 Å². The molecule has 3 atom stereocenters. The van der Waals surface area contributed by atoms with Crippen LogP contribution in [-0.2, 0) is 9.59 Å². The van der Waals surface area contributed by atoms with Gasteiger partial charge in [0.1, 0.15) is 17.5 Å². The third-order valence-electron chi connectivity index (χ3n) is 3.67. The molecule has 8 nitrogen and oxygen atoms in total. The molecule has 0 spiro atoms. The summed E-state index contributed by atoms with van der Waals surface area (Å²) in [5.41, 5.74) is 5.94. The average Bonchev–Trinajstić information content (AvgIpc) is 2.79. The van der Waals surface area contributed by atoms with Gasteiger partial charge in [-0.3, -0.25) is 4.79 Å². The van der Waals surface area contributed by atoms with E-state index in [2.05, 4.69) is 5.10 Å². The van der Waals surface area contributed by atoms with Gasteiger partial charge < -0.3 is 20.7 Å². The monoisotopic (exact) mass is 300 g/mol. The van der Waals surface area contributed by atoms with Crippen LogP contribution in [-0.4, -0.2) is 26.8 Å². The van der Waals surface area contributed by atoms with Crippen LogP contribution in [0.4, 0.5) is 5.82 Å². The molecule has 3 unspecified atom stereocenters. The maximum absolute atomic E-state index is 11.1. The Morgan fingerprint density at radius 3 is 2.52 bits per heavy atom. The van der Waals surface area contributed by atoms with E-state index in [1.165, 1.54) is 10.9 Å². The van der Waals surface area contributed by atoms with E-state index in [1.807, 2.05) is 6.07 Å². The summed E-state index contributed by atoms with van der Waals surface area (Å²) >= 11 is 0. The molecule has 0 aromatic carbocycles. The number of carbonyl (C=O) groups is 2. The Morgan fingerprint density at radius 1 is 1.43 bits per heavy atom. The van der Waals surface area contributed by atoms with Crippen molar-refractivity contribution >= 4 is 17.8 Å². The van der Waals surface area contributed by atoms with E-state index >= 15 is 0 Å². The number of nitrogen functional groups attached to an aromatic ring is 1. The van der Waals surface area contributed by atoms with Gasteiger partial charge in [0.15, 0.2) is 0 Å². The van der Waals surface area contributed by atoms with Crippen LogP contribution >= 0.6 is 0 Å². The third kappa shape index (κ3) is 3.56. The summed E-state index contributed by atoms with van der Waals surface area (Å²) < 4.78 is 1.34. The second-order valence-corrected chi connectivity index (χ2v) is 4.91. The number of carbonyl (C=O) groups excluding carboxylic acids is 1. The van der Waals surface area contributed by atoms with Gasteiger partial charge in [0.2, 0.25) is 0 Å². The van der Waals surface area contributed by atoms with Crippen LogP contribution in [0, 0.1) is 23.2 Å². The van der Waals surface area contributed by atoms with Crippen LogP contribution < -0.4 is 40.4 Å². The Hall–Kier alpha value is -1.56. The Balaban J connectivity index is 0.00000220. The Morgan fingerprint density at radius 2 is 2.05 bits per heavy atom. The molecule has 0 saturated heterocycles. The second-order valence-electron chi connectivity index (χ2n) is 4.91. The zero-order valence-corrected chi connectivity index (χ0v) is 13.5. The first-order valence-corrected chi connectivity index (χ1v) is 6.10. The van der Waals surface area contributed by atoms with Gasteiger partial charge in [-0.15, -0.1) is 0 Å². The smallest absolute Gasteiger partial charge is 0.550 e. The molecule has 9 heteroatoms. The predicted octanol–water partition coefficient (Wildman–Crippen LogP) is -3.87. The van der Waals surface area contributed by atoms with Gasteiger partial charge in [-0.25, -0.2) is 4.68 Å². The van der Waals surface area contributed by atoms with E-state index in [0.29, 0.717) is 0 Å². The van der Waals surface area contributed by atoms with E-state index in [9.17, 15) is 14.7 Å². The Labute approximate surface area is 142 Å². The van der Waals surface area contributed by atoms with E-state index in [4.69, 9.17) is 16.1 Å². The fourth-order valence-corrected chi connectivity index (χ4v) is 2.63. The number of nitriles is 1. The first-order valence-electron chi connectivity index (χ1n) is 6.10. The molecule has 0 bridgehead atoms. The molecule has 1 heterocycles. The Kier molecular flexibility index (Phi) is 5.78. The topological polar surface area (TPSA) is 145 Å². The number of nitrogens with zero attached hydrogens (tertiary/aromatic N) is 3. The van der Waals surface area contributed by atoms with Gasteiger partial charge in [0, 0.05) is 11.9 Å². The number of aromatic nitrogens is 2. The van der Waals surface area contributed by atoms with Crippen molar-refractivity contribution in [2.24, 2.45) is 11.8 Å². The standard InChI is InChI=1S/C12H14N4O4.Na/c13-4-8-5-15-16(10(8)14)9-2-6(11(17)18)1-7(3-9)12(19)20;/h5-7,9H,1-3,14H2,(H,17,18)(H,19,20);/q;+1/p-1. The van der Waals surface area contributed by atoms with Gasteiger partial charge in [-0.1, -0.05) is 0 Å². The summed E-state index contributed by atoms with van der Waals surface area (Å²) in [5.74, 6) is -3.84. The minimum atomic E-state index is -1.27. The van der Waals surface area contributed by atoms with E-state index in [0.717, 1.165) is 0 Å². The minimum absolute atomic E-state index is 0. The molecule has 0 aliphatic heterocycles. The largest absolute Gasteiger partial charge is 1.00 e. The zero-order chi connectivity index (χ0) is 14.9. The molecule has 0 amide bonds. The molecule has 2 rings (SSSR count). The van der Waals surface area contributed by atoms with Crippen LogP contribution in [0.5, 0.6) is 0 Å². The quantitative estimate of drug-likeness (QED) is 0.543. The second kappa shape index (κ2) is 6.93. The van der Waals surface area contributed by atoms with Crippen LogP contribution in [0.15, 0.2) is 6.20 Å². The maximum atomic E-state index is 11.1. The number of nitrogens with two attached hydrogens (primary N) is 1. The van der Waals surface area contributed by atoms with Crippen molar-refractivity contribution in [2.45, 2.75) is 25.3 Å². The van der Waals surface area contributed by atoms with Crippen molar-refractivity contribution in [1.82, 2.24) is 9.78 Å². The molecule has 1 fully saturated rings. The van der Waals surface area contributed by atoms with Gasteiger partial charge in [-0.2, -0.15) is 10.4 Å². The first-order chi connectivity index (χ1) is 9.43. The number of carboxylic acid groups (broad SMARTS) is 2. The molecule has 1 aromatic heterocycles. The predicted molar refractivity (Wildman–Crippen MR) is 63.9 cm³/mol. The van der Waals surface area contributed by atoms with Crippen molar-refractivity contribution in [1.29, 1.82) is 5.26 Å². The SMILES string of the molecule is N#Cc1cnn(C2CC(C(=O)[O-])CC(C(=O)O)C2)c1N.[Na+]. The minimum Gasteiger partial charge on any atom is -0.550 e. The number of hydrogen-bond donors (Lipinski definition) is 2. The average molecular weight is 300 g/mol. The first kappa shape index (κ1) is 17.5. The number of aliphatic carboxylic acids is 2. The van der Waals surface area contributed by atoms with E-state index in [-0.39, 0.29) is 60.2 Å². The number of carboxylic acids is 2. The van der Waals surface area contributed by atoms with Crippen LogP contribution in [0.2, 0.25) is 0 Å². The summed E-state index contributed by atoms with van der Waals surface area (Å²) in [4.78, 5) is 22.1. The molecule has 1 aliphatic carbocycles. The molecule has 1 aliphatic rings. The van der Waals surface area contributed by atoms with Gasteiger partial charge in [0.05, 0.1) is 18.2 Å². The Bertz CT molecular complexity index is 573. The fraction of sp³-hybridized carbons (Fsp3) is 0.500. The fourth-order valence-electron chi connectivity index (χ4n) is 2.63. The van der Waals surface area contributed by atoms with E-state index < -0.39 is 29.8 Å². The summed E-state index contributed by atoms with van der Waals surface area (Å²) in [6, 6.07) is 1.41. The van der Waals surface area contributed by atoms with Crippen molar-refractivity contribution < 1.29 is 49.4 Å². The van der Waals surface area contributed by atoms with Crippen LogP contribution in [0.3, 0.4) is 0 Å². The molecule has 1 saturated carbocycles. The molecular formula is C12H13N4NaO4. The van der Waals surface area contributed by atoms with Gasteiger partial charge >= 0.3 is 35.5 Å². The number of rotatable bonds is 3. The van der Waals surface area contributed by atoms with Crippen LogP contribution in [0.25, 0.3) is 0 Å². The van der Waals surface area contributed by atoms with Crippen molar-refractivity contribution in [2.75, 3.05) is 5.73 Å². The zero-order valence-electron chi connectivity index (χ0n) is 11.5. The summed E-state index contributed by atoms with van der Waals surface area (Å²) in [6.45, 7) is 0. The van der Waals surface area contributed by atoms with Crippen molar-refractivity contribution in [3.05, 3.63) is 11.8 Å². The van der Waals surface area contributed by atoms with Gasteiger partial charge in [0.25, 0.3) is 0 Å². The summed E-state index contributed by atoms with van der Waals surface area (Å²) in [5, 5.41) is 32.9. The van der Waals surface area contributed by atoms with Crippen molar-refractivity contribution in [3.8, 4) is 6.07 Å². The third-order valence-corrected chi connectivity index (χ3v) is 3.67. The maximum Gasteiger partial charge on any atom is 1.00 e. The molecule has 106 valence electrons.